The summed E-state index contributed by atoms with van der Waals surface area (Å²) in [6.45, 7) is 0. The molecule has 0 bridgehead atoms. The Labute approximate surface area is 139 Å². The van der Waals surface area contributed by atoms with E-state index in [1.54, 1.807) is 25.6 Å². The van der Waals surface area contributed by atoms with Crippen molar-refractivity contribution in [2.75, 3.05) is 12.4 Å². The fourth-order valence-corrected chi connectivity index (χ4v) is 3.82. The average Bonchev–Trinajstić information content (AvgIpc) is 3.10. The topological polar surface area (TPSA) is 77.3 Å². The van der Waals surface area contributed by atoms with Gasteiger partial charge in [0.25, 0.3) is 5.69 Å². The fourth-order valence-electron chi connectivity index (χ4n) is 3.82. The molecule has 4 rings (SSSR count). The van der Waals surface area contributed by atoms with Crippen LogP contribution in [0.2, 0.25) is 0 Å². The van der Waals surface area contributed by atoms with Crippen LogP contribution in [0.15, 0.2) is 48.8 Å². The van der Waals surface area contributed by atoms with Crippen LogP contribution in [0.5, 0.6) is 5.75 Å². The van der Waals surface area contributed by atoms with Crippen LogP contribution >= 0.6 is 0 Å². The Morgan fingerprint density at radius 1 is 1.33 bits per heavy atom. The highest BCUT2D eigenvalue weighted by molar-refractivity contribution is 5.71. The minimum atomic E-state index is -0.370. The molecule has 0 unspecified atom stereocenters. The highest BCUT2D eigenvalue weighted by Gasteiger charge is 2.40. The van der Waals surface area contributed by atoms with Crippen molar-refractivity contribution in [1.82, 2.24) is 4.98 Å². The normalized spacial score (nSPS) is 24.0. The number of hydrogen-bond donors (Lipinski definition) is 1. The van der Waals surface area contributed by atoms with Gasteiger partial charge in [-0.3, -0.25) is 15.1 Å². The quantitative estimate of drug-likeness (QED) is 0.528. The summed E-state index contributed by atoms with van der Waals surface area (Å²) in [5.41, 5.74) is 3.01. The number of fused-ring (bicyclic) bond motifs is 3. The van der Waals surface area contributed by atoms with Crippen molar-refractivity contribution in [2.24, 2.45) is 5.92 Å². The van der Waals surface area contributed by atoms with E-state index in [0.717, 1.165) is 23.2 Å². The molecule has 122 valence electrons. The molecule has 24 heavy (non-hydrogen) atoms. The van der Waals surface area contributed by atoms with Crippen LogP contribution < -0.4 is 10.1 Å². The number of hydrogen-bond acceptors (Lipinski definition) is 5. The van der Waals surface area contributed by atoms with Crippen molar-refractivity contribution < 1.29 is 9.66 Å². The van der Waals surface area contributed by atoms with Crippen molar-refractivity contribution in [3.8, 4) is 5.75 Å². The Bertz CT molecular complexity index is 820. The van der Waals surface area contributed by atoms with E-state index in [-0.39, 0.29) is 22.6 Å². The highest BCUT2D eigenvalue weighted by atomic mass is 16.6. The van der Waals surface area contributed by atoms with E-state index in [1.165, 1.54) is 6.07 Å². The number of pyridine rings is 1. The van der Waals surface area contributed by atoms with Gasteiger partial charge in [-0.1, -0.05) is 12.2 Å². The molecule has 0 fully saturated rings. The van der Waals surface area contributed by atoms with E-state index in [0.29, 0.717) is 11.7 Å². The molecule has 3 atom stereocenters. The third kappa shape index (κ3) is 2.22. The molecule has 6 heteroatoms. The summed E-state index contributed by atoms with van der Waals surface area (Å²) >= 11 is 0. The average molecular weight is 323 g/mol. The van der Waals surface area contributed by atoms with Crippen molar-refractivity contribution in [2.45, 2.75) is 18.4 Å². The summed E-state index contributed by atoms with van der Waals surface area (Å²) in [4.78, 5) is 15.0. The maximum Gasteiger partial charge on any atom is 0.273 e. The number of nitro benzene ring substituents is 1. The lowest BCUT2D eigenvalue weighted by Crippen LogP contribution is -2.29. The van der Waals surface area contributed by atoms with E-state index in [2.05, 4.69) is 22.5 Å². The number of aromatic nitrogens is 1. The van der Waals surface area contributed by atoms with Gasteiger partial charge < -0.3 is 10.1 Å². The second kappa shape index (κ2) is 5.63. The number of benzene rings is 1. The third-order valence-electron chi connectivity index (χ3n) is 4.91. The Kier molecular flexibility index (Phi) is 3.45. The zero-order chi connectivity index (χ0) is 16.7. The number of methoxy groups -OCH3 is 1. The van der Waals surface area contributed by atoms with Gasteiger partial charge in [-0.25, -0.2) is 0 Å². The Morgan fingerprint density at radius 2 is 2.12 bits per heavy atom. The molecule has 1 aliphatic carbocycles. The predicted octanol–water partition coefficient (Wildman–Crippen LogP) is 3.82. The van der Waals surface area contributed by atoms with E-state index in [9.17, 15) is 10.1 Å². The van der Waals surface area contributed by atoms with Crippen LogP contribution in [0.1, 0.15) is 29.5 Å². The third-order valence-corrected chi connectivity index (χ3v) is 4.91. The maximum absolute atomic E-state index is 11.2. The second-order valence-corrected chi connectivity index (χ2v) is 6.13. The standard InChI is InChI=1S/C18H17N3O3/c1-24-16-10-12(21(22)23)9-15-13-3-2-4-14(13)17(20-18(15)16)11-5-7-19-8-6-11/h2-3,5-10,13-14,17,20H,4H2,1H3/t13-,14-,17-/m1/s1. The molecule has 2 heterocycles. The summed E-state index contributed by atoms with van der Waals surface area (Å²) in [5, 5.41) is 14.8. The molecule has 1 aromatic carbocycles. The van der Waals surface area contributed by atoms with Crippen molar-refractivity contribution in [3.05, 3.63) is 70.1 Å². The van der Waals surface area contributed by atoms with Crippen molar-refractivity contribution in [1.29, 1.82) is 0 Å². The molecule has 2 aromatic rings. The van der Waals surface area contributed by atoms with Crippen LogP contribution in [0.3, 0.4) is 0 Å². The van der Waals surface area contributed by atoms with Crippen LogP contribution in [0.4, 0.5) is 11.4 Å². The molecular weight excluding hydrogens is 306 g/mol. The summed E-state index contributed by atoms with van der Waals surface area (Å²) in [7, 11) is 1.54. The van der Waals surface area contributed by atoms with Gasteiger partial charge >= 0.3 is 0 Å². The van der Waals surface area contributed by atoms with Gasteiger partial charge in [-0.05, 0) is 35.6 Å². The summed E-state index contributed by atoms with van der Waals surface area (Å²) in [5.74, 6) is 0.983. The SMILES string of the molecule is COc1cc([N+](=O)[O-])cc2c1N[C@H](c1ccncc1)[C@@H]1CC=C[C@@H]21. The number of anilines is 1. The van der Waals surface area contributed by atoms with Gasteiger partial charge in [0.05, 0.1) is 29.8 Å². The van der Waals surface area contributed by atoms with Gasteiger partial charge in [0.1, 0.15) is 5.75 Å². The molecule has 0 amide bonds. The molecule has 0 saturated heterocycles. The first kappa shape index (κ1) is 14.7. The second-order valence-electron chi connectivity index (χ2n) is 6.13. The van der Waals surface area contributed by atoms with Crippen molar-refractivity contribution in [3.63, 3.8) is 0 Å². The lowest BCUT2D eigenvalue weighted by atomic mass is 9.77. The van der Waals surface area contributed by atoms with Gasteiger partial charge in [0.2, 0.25) is 0 Å². The number of nitrogens with zero attached hydrogens (tertiary/aromatic N) is 2. The van der Waals surface area contributed by atoms with E-state index in [4.69, 9.17) is 4.74 Å². The number of ether oxygens (including phenoxy) is 1. The summed E-state index contributed by atoms with van der Waals surface area (Å²) in [6.07, 6.45) is 8.83. The fraction of sp³-hybridized carbons (Fsp3) is 0.278. The Hall–Kier alpha value is -2.89. The largest absolute Gasteiger partial charge is 0.494 e. The van der Waals surface area contributed by atoms with E-state index >= 15 is 0 Å². The Morgan fingerprint density at radius 3 is 2.83 bits per heavy atom. The minimum Gasteiger partial charge on any atom is -0.494 e. The number of allylic oxidation sites excluding steroid dienone is 2. The Balaban J connectivity index is 1.86. The van der Waals surface area contributed by atoms with E-state index < -0.39 is 0 Å². The minimum absolute atomic E-state index is 0.0637. The first-order chi connectivity index (χ1) is 11.7. The monoisotopic (exact) mass is 323 g/mol. The van der Waals surface area contributed by atoms with Crippen LogP contribution in [-0.2, 0) is 0 Å². The smallest absolute Gasteiger partial charge is 0.273 e. The molecule has 0 saturated carbocycles. The van der Waals surface area contributed by atoms with Crippen LogP contribution in [-0.4, -0.2) is 17.0 Å². The highest BCUT2D eigenvalue weighted by Crippen LogP contribution is 2.53. The predicted molar refractivity (Wildman–Crippen MR) is 90.2 cm³/mol. The van der Waals surface area contributed by atoms with Gasteiger partial charge in [0.15, 0.2) is 0 Å². The first-order valence-electron chi connectivity index (χ1n) is 7.88. The molecule has 0 spiro atoms. The molecule has 1 N–H and O–H groups in total. The molecule has 0 radical (unpaired) electrons. The number of nitro groups is 1. The summed E-state index contributed by atoms with van der Waals surface area (Å²) in [6, 6.07) is 7.29. The molecular formula is C18H17N3O3. The lowest BCUT2D eigenvalue weighted by molar-refractivity contribution is -0.385. The van der Waals surface area contributed by atoms with Gasteiger partial charge in [-0.2, -0.15) is 0 Å². The number of rotatable bonds is 3. The number of nitrogens with one attached hydrogen (secondary N) is 1. The van der Waals surface area contributed by atoms with Crippen molar-refractivity contribution >= 4 is 11.4 Å². The lowest BCUT2D eigenvalue weighted by Gasteiger charge is -2.37. The number of non-ortho nitro benzene ring substituents is 1. The van der Waals surface area contributed by atoms with Gasteiger partial charge in [-0.15, -0.1) is 0 Å². The zero-order valence-electron chi connectivity index (χ0n) is 13.2. The summed E-state index contributed by atoms with van der Waals surface area (Å²) < 4.78 is 5.43. The molecule has 1 aliphatic heterocycles. The van der Waals surface area contributed by atoms with Gasteiger partial charge in [0, 0.05) is 24.4 Å². The maximum atomic E-state index is 11.2. The first-order valence-corrected chi connectivity index (χ1v) is 7.88. The van der Waals surface area contributed by atoms with Crippen LogP contribution in [0.25, 0.3) is 0 Å². The molecule has 6 nitrogen and oxygen atoms in total. The molecule has 1 aromatic heterocycles. The van der Waals surface area contributed by atoms with Crippen LogP contribution in [0, 0.1) is 16.0 Å². The molecule has 2 aliphatic rings. The zero-order valence-corrected chi connectivity index (χ0v) is 13.2. The van der Waals surface area contributed by atoms with E-state index in [1.807, 2.05) is 12.1 Å².